The molecule has 0 aliphatic carbocycles. The van der Waals surface area contributed by atoms with Gasteiger partial charge in [-0.05, 0) is 64.5 Å². The molecule has 0 spiro atoms. The highest BCUT2D eigenvalue weighted by atomic mass is 16.7. The lowest BCUT2D eigenvalue weighted by Gasteiger charge is -2.32. The molecule has 1 aliphatic rings. The van der Waals surface area contributed by atoms with Gasteiger partial charge in [0, 0.05) is 11.6 Å². The third-order valence-electron chi connectivity index (χ3n) is 3.46. The topological polar surface area (TPSA) is 47.7 Å². The Morgan fingerprint density at radius 2 is 1.84 bits per heavy atom. The standard InChI is InChI=1S/C15H24N2O2/c1-10-6-13-14(19-9-18-13)7-11(10)12(17(4)5)8-15(2,3)16/h6-7,12H,8-9,16H2,1-5H3. The largest absolute Gasteiger partial charge is 0.454 e. The highest BCUT2D eigenvalue weighted by molar-refractivity contribution is 5.49. The van der Waals surface area contributed by atoms with Crippen LogP contribution in [0.25, 0.3) is 0 Å². The number of hydrogen-bond acceptors (Lipinski definition) is 4. The number of ether oxygens (including phenoxy) is 2. The van der Waals surface area contributed by atoms with E-state index in [9.17, 15) is 0 Å². The molecule has 0 saturated carbocycles. The van der Waals surface area contributed by atoms with Gasteiger partial charge < -0.3 is 20.1 Å². The normalized spacial score (nSPS) is 15.9. The second-order valence-electron chi connectivity index (χ2n) is 6.23. The van der Waals surface area contributed by atoms with Gasteiger partial charge in [0.15, 0.2) is 11.5 Å². The van der Waals surface area contributed by atoms with Gasteiger partial charge in [-0.1, -0.05) is 0 Å². The molecule has 0 aromatic heterocycles. The second kappa shape index (κ2) is 5.02. The average molecular weight is 264 g/mol. The number of nitrogens with two attached hydrogens (primary N) is 1. The zero-order valence-electron chi connectivity index (χ0n) is 12.5. The van der Waals surface area contributed by atoms with Gasteiger partial charge in [-0.15, -0.1) is 0 Å². The summed E-state index contributed by atoms with van der Waals surface area (Å²) in [5, 5.41) is 0. The van der Waals surface area contributed by atoms with E-state index in [2.05, 4.69) is 51.9 Å². The molecule has 1 heterocycles. The molecule has 1 aromatic rings. The molecule has 4 heteroatoms. The summed E-state index contributed by atoms with van der Waals surface area (Å²) in [6, 6.07) is 4.42. The van der Waals surface area contributed by atoms with E-state index in [0.717, 1.165) is 17.9 Å². The molecular formula is C15H24N2O2. The van der Waals surface area contributed by atoms with Gasteiger partial charge in [-0.3, -0.25) is 0 Å². The van der Waals surface area contributed by atoms with Crippen molar-refractivity contribution < 1.29 is 9.47 Å². The Morgan fingerprint density at radius 3 is 2.37 bits per heavy atom. The first-order valence-electron chi connectivity index (χ1n) is 6.63. The number of hydrogen-bond donors (Lipinski definition) is 1. The van der Waals surface area contributed by atoms with Crippen molar-refractivity contribution in [3.05, 3.63) is 23.3 Å². The summed E-state index contributed by atoms with van der Waals surface area (Å²) in [4.78, 5) is 2.21. The number of benzene rings is 1. The van der Waals surface area contributed by atoms with Crippen LogP contribution in [0.2, 0.25) is 0 Å². The molecule has 0 bridgehead atoms. The van der Waals surface area contributed by atoms with Gasteiger partial charge in [0.25, 0.3) is 0 Å². The molecule has 0 saturated heterocycles. The highest BCUT2D eigenvalue weighted by Crippen LogP contribution is 2.39. The fourth-order valence-electron chi connectivity index (χ4n) is 2.49. The van der Waals surface area contributed by atoms with Crippen LogP contribution in [0.5, 0.6) is 11.5 Å². The summed E-state index contributed by atoms with van der Waals surface area (Å²) in [7, 11) is 4.17. The van der Waals surface area contributed by atoms with E-state index in [-0.39, 0.29) is 11.6 Å². The Hall–Kier alpha value is -1.26. The van der Waals surface area contributed by atoms with Gasteiger partial charge in [0.2, 0.25) is 6.79 Å². The van der Waals surface area contributed by atoms with Crippen molar-refractivity contribution in [2.45, 2.75) is 38.8 Å². The zero-order valence-corrected chi connectivity index (χ0v) is 12.5. The molecule has 19 heavy (non-hydrogen) atoms. The number of aryl methyl sites for hydroxylation is 1. The van der Waals surface area contributed by atoms with Gasteiger partial charge >= 0.3 is 0 Å². The third kappa shape index (κ3) is 3.19. The first-order chi connectivity index (χ1) is 8.78. The minimum absolute atomic E-state index is 0.211. The molecule has 0 amide bonds. The van der Waals surface area contributed by atoms with Crippen molar-refractivity contribution in [2.24, 2.45) is 5.73 Å². The molecule has 0 radical (unpaired) electrons. The summed E-state index contributed by atoms with van der Waals surface area (Å²) in [6.07, 6.45) is 0.889. The van der Waals surface area contributed by atoms with Crippen LogP contribution < -0.4 is 15.2 Å². The van der Waals surface area contributed by atoms with E-state index in [1.54, 1.807) is 0 Å². The van der Waals surface area contributed by atoms with E-state index in [1.165, 1.54) is 11.1 Å². The van der Waals surface area contributed by atoms with Crippen LogP contribution in [0.4, 0.5) is 0 Å². The predicted octanol–water partition coefficient (Wildman–Crippen LogP) is 2.45. The Kier molecular flexibility index (Phi) is 3.74. The van der Waals surface area contributed by atoms with Crippen LogP contribution in [0.3, 0.4) is 0 Å². The maximum Gasteiger partial charge on any atom is 0.231 e. The lowest BCUT2D eigenvalue weighted by atomic mass is 9.89. The molecule has 2 N–H and O–H groups in total. The minimum atomic E-state index is -0.211. The number of rotatable bonds is 4. The van der Waals surface area contributed by atoms with Crippen molar-refractivity contribution in [1.82, 2.24) is 4.90 Å². The second-order valence-corrected chi connectivity index (χ2v) is 6.23. The third-order valence-corrected chi connectivity index (χ3v) is 3.46. The van der Waals surface area contributed by atoms with Crippen molar-refractivity contribution in [1.29, 1.82) is 0 Å². The molecule has 1 atom stereocenters. The average Bonchev–Trinajstić information content (AvgIpc) is 2.70. The highest BCUT2D eigenvalue weighted by Gasteiger charge is 2.26. The zero-order chi connectivity index (χ0) is 14.2. The summed E-state index contributed by atoms with van der Waals surface area (Å²) in [5.74, 6) is 1.67. The Balaban J connectivity index is 2.37. The van der Waals surface area contributed by atoms with E-state index < -0.39 is 0 Å². The summed E-state index contributed by atoms with van der Waals surface area (Å²) >= 11 is 0. The molecule has 1 aliphatic heterocycles. The first-order valence-corrected chi connectivity index (χ1v) is 6.63. The monoisotopic (exact) mass is 264 g/mol. The fourth-order valence-corrected chi connectivity index (χ4v) is 2.49. The van der Waals surface area contributed by atoms with Crippen molar-refractivity contribution in [3.63, 3.8) is 0 Å². The van der Waals surface area contributed by atoms with Gasteiger partial charge in [0.1, 0.15) is 0 Å². The van der Waals surface area contributed by atoms with Crippen LogP contribution in [-0.4, -0.2) is 31.3 Å². The number of nitrogens with zero attached hydrogens (tertiary/aromatic N) is 1. The molecule has 106 valence electrons. The van der Waals surface area contributed by atoms with Crippen LogP contribution >= 0.6 is 0 Å². The van der Waals surface area contributed by atoms with Crippen LogP contribution in [0.1, 0.15) is 37.4 Å². The van der Waals surface area contributed by atoms with Crippen molar-refractivity contribution >= 4 is 0 Å². The SMILES string of the molecule is Cc1cc2c(cc1C(CC(C)(C)N)N(C)C)OCO2. The van der Waals surface area contributed by atoms with Crippen molar-refractivity contribution in [2.75, 3.05) is 20.9 Å². The van der Waals surface area contributed by atoms with Crippen LogP contribution in [0.15, 0.2) is 12.1 Å². The van der Waals surface area contributed by atoms with Gasteiger partial charge in [0.05, 0.1) is 0 Å². The molecule has 0 fully saturated rings. The van der Waals surface area contributed by atoms with E-state index in [0.29, 0.717) is 6.79 Å². The maximum atomic E-state index is 6.19. The molecular weight excluding hydrogens is 240 g/mol. The molecule has 2 rings (SSSR count). The van der Waals surface area contributed by atoms with Crippen LogP contribution in [0, 0.1) is 6.92 Å². The quantitative estimate of drug-likeness (QED) is 0.907. The summed E-state index contributed by atoms with van der Waals surface area (Å²) < 4.78 is 10.9. The van der Waals surface area contributed by atoms with E-state index in [1.807, 2.05) is 0 Å². The molecule has 1 unspecified atom stereocenters. The molecule has 4 nitrogen and oxygen atoms in total. The summed E-state index contributed by atoms with van der Waals surface area (Å²) in [5.41, 5.74) is 8.45. The summed E-state index contributed by atoms with van der Waals surface area (Å²) in [6.45, 7) is 6.54. The Morgan fingerprint density at radius 1 is 1.26 bits per heavy atom. The maximum absolute atomic E-state index is 6.19. The first kappa shape index (κ1) is 14.2. The lowest BCUT2D eigenvalue weighted by molar-refractivity contribution is 0.173. The lowest BCUT2D eigenvalue weighted by Crippen LogP contribution is -2.37. The number of fused-ring (bicyclic) bond motifs is 1. The fraction of sp³-hybridized carbons (Fsp3) is 0.600. The van der Waals surface area contributed by atoms with E-state index in [4.69, 9.17) is 15.2 Å². The van der Waals surface area contributed by atoms with Crippen LogP contribution in [-0.2, 0) is 0 Å². The van der Waals surface area contributed by atoms with E-state index >= 15 is 0 Å². The van der Waals surface area contributed by atoms with Gasteiger partial charge in [-0.2, -0.15) is 0 Å². The van der Waals surface area contributed by atoms with Crippen molar-refractivity contribution in [3.8, 4) is 11.5 Å². The minimum Gasteiger partial charge on any atom is -0.454 e. The van der Waals surface area contributed by atoms with Gasteiger partial charge in [-0.25, -0.2) is 0 Å². The Labute approximate surface area is 115 Å². The smallest absolute Gasteiger partial charge is 0.231 e. The Bertz CT molecular complexity index is 464. The predicted molar refractivity (Wildman–Crippen MR) is 76.6 cm³/mol. The molecule has 1 aromatic carbocycles.